The van der Waals surface area contributed by atoms with E-state index in [1.165, 1.54) is 0 Å². The molecular weight excluding hydrogens is 286 g/mol. The quantitative estimate of drug-likeness (QED) is 0.923. The number of rotatable bonds is 4. The Morgan fingerprint density at radius 2 is 2.00 bits per heavy atom. The minimum absolute atomic E-state index is 0.0336. The summed E-state index contributed by atoms with van der Waals surface area (Å²) in [5.41, 5.74) is 1.84. The Kier molecular flexibility index (Phi) is 4.80. The fourth-order valence-electron chi connectivity index (χ4n) is 1.68. The number of hydrogen-bond donors (Lipinski definition) is 1. The molecule has 0 saturated heterocycles. The first kappa shape index (κ1) is 15.7. The maximum atomic E-state index is 6.00. The van der Waals surface area contributed by atoms with E-state index in [-0.39, 0.29) is 5.54 Å². The van der Waals surface area contributed by atoms with Crippen LogP contribution in [0.3, 0.4) is 0 Å². The van der Waals surface area contributed by atoms with Gasteiger partial charge in [-0.05, 0) is 51.5 Å². The first-order valence-corrected chi connectivity index (χ1v) is 7.21. The molecule has 0 saturated carbocycles. The van der Waals surface area contributed by atoms with Gasteiger partial charge < -0.3 is 10.1 Å². The van der Waals surface area contributed by atoms with Gasteiger partial charge in [0.2, 0.25) is 5.88 Å². The largest absolute Gasteiger partial charge is 0.437 e. The van der Waals surface area contributed by atoms with Gasteiger partial charge in [-0.15, -0.1) is 0 Å². The van der Waals surface area contributed by atoms with Gasteiger partial charge in [-0.1, -0.05) is 11.6 Å². The molecule has 21 heavy (non-hydrogen) atoms. The number of nitrogens with zero attached hydrogens (tertiary/aromatic N) is 2. The van der Waals surface area contributed by atoms with Crippen LogP contribution in [0.15, 0.2) is 30.6 Å². The first-order chi connectivity index (χ1) is 9.83. The van der Waals surface area contributed by atoms with Crippen LogP contribution in [0.5, 0.6) is 11.6 Å². The fourth-order valence-corrected chi connectivity index (χ4v) is 1.80. The Morgan fingerprint density at radius 3 is 2.67 bits per heavy atom. The molecule has 0 aliphatic heterocycles. The van der Waals surface area contributed by atoms with Crippen molar-refractivity contribution in [1.82, 2.24) is 15.3 Å². The van der Waals surface area contributed by atoms with Crippen molar-refractivity contribution in [2.75, 3.05) is 0 Å². The van der Waals surface area contributed by atoms with E-state index in [1.807, 2.05) is 25.1 Å². The van der Waals surface area contributed by atoms with Gasteiger partial charge in [0.05, 0.1) is 11.9 Å². The molecular formula is C16H20ClN3O. The van der Waals surface area contributed by atoms with Crippen molar-refractivity contribution in [1.29, 1.82) is 0 Å². The smallest absolute Gasteiger partial charge is 0.238 e. The summed E-state index contributed by atoms with van der Waals surface area (Å²) < 4.78 is 5.73. The van der Waals surface area contributed by atoms with Gasteiger partial charge in [-0.3, -0.25) is 4.98 Å². The average Bonchev–Trinajstić information content (AvgIpc) is 2.40. The number of ether oxygens (including phenoxy) is 1. The van der Waals surface area contributed by atoms with Crippen molar-refractivity contribution in [2.24, 2.45) is 0 Å². The molecule has 1 aromatic carbocycles. The van der Waals surface area contributed by atoms with Crippen LogP contribution in [-0.2, 0) is 6.54 Å². The van der Waals surface area contributed by atoms with Crippen molar-refractivity contribution < 1.29 is 4.74 Å². The van der Waals surface area contributed by atoms with E-state index < -0.39 is 0 Å². The van der Waals surface area contributed by atoms with E-state index in [4.69, 9.17) is 16.3 Å². The van der Waals surface area contributed by atoms with Crippen LogP contribution in [0, 0.1) is 6.92 Å². The maximum Gasteiger partial charge on any atom is 0.238 e. The number of hydrogen-bond acceptors (Lipinski definition) is 4. The lowest BCUT2D eigenvalue weighted by molar-refractivity contribution is 0.414. The molecule has 5 heteroatoms. The van der Waals surface area contributed by atoms with Crippen molar-refractivity contribution in [2.45, 2.75) is 39.8 Å². The predicted molar refractivity (Wildman–Crippen MR) is 84.9 cm³/mol. The molecule has 1 N–H and O–H groups in total. The molecule has 2 rings (SSSR count). The summed E-state index contributed by atoms with van der Waals surface area (Å²) in [4.78, 5) is 8.61. The zero-order valence-corrected chi connectivity index (χ0v) is 13.5. The molecule has 0 fully saturated rings. The Labute approximate surface area is 130 Å². The summed E-state index contributed by atoms with van der Waals surface area (Å²) in [6, 6.07) is 5.51. The van der Waals surface area contributed by atoms with Crippen molar-refractivity contribution >= 4 is 11.6 Å². The van der Waals surface area contributed by atoms with E-state index in [0.29, 0.717) is 18.2 Å². The molecule has 0 aliphatic rings. The minimum Gasteiger partial charge on any atom is -0.437 e. The third kappa shape index (κ3) is 4.99. The highest BCUT2D eigenvalue weighted by atomic mass is 35.5. The summed E-state index contributed by atoms with van der Waals surface area (Å²) in [5, 5.41) is 4.09. The van der Waals surface area contributed by atoms with E-state index in [0.717, 1.165) is 16.3 Å². The van der Waals surface area contributed by atoms with Gasteiger partial charge in [0.1, 0.15) is 5.75 Å². The van der Waals surface area contributed by atoms with Gasteiger partial charge >= 0.3 is 0 Å². The zero-order valence-electron chi connectivity index (χ0n) is 12.8. The maximum absolute atomic E-state index is 6.00. The summed E-state index contributed by atoms with van der Waals surface area (Å²) in [7, 11) is 0. The highest BCUT2D eigenvalue weighted by Crippen LogP contribution is 2.24. The van der Waals surface area contributed by atoms with Crippen LogP contribution in [0.25, 0.3) is 0 Å². The van der Waals surface area contributed by atoms with Crippen molar-refractivity contribution in [3.05, 3.63) is 46.9 Å². The van der Waals surface area contributed by atoms with Gasteiger partial charge in [-0.2, -0.15) is 0 Å². The monoisotopic (exact) mass is 305 g/mol. The third-order valence-corrected chi connectivity index (χ3v) is 3.24. The Bertz CT molecular complexity index is 623. The Balaban J connectivity index is 2.08. The second-order valence-electron chi connectivity index (χ2n) is 5.97. The zero-order chi connectivity index (χ0) is 15.5. The van der Waals surface area contributed by atoms with Crippen LogP contribution >= 0.6 is 11.6 Å². The van der Waals surface area contributed by atoms with E-state index in [1.54, 1.807) is 12.4 Å². The van der Waals surface area contributed by atoms with Crippen LogP contribution in [0.4, 0.5) is 0 Å². The van der Waals surface area contributed by atoms with Crippen LogP contribution < -0.4 is 10.1 Å². The van der Waals surface area contributed by atoms with Gasteiger partial charge in [0.25, 0.3) is 0 Å². The number of aryl methyl sites for hydroxylation is 1. The van der Waals surface area contributed by atoms with Crippen molar-refractivity contribution in [3.8, 4) is 11.6 Å². The second-order valence-corrected chi connectivity index (χ2v) is 6.37. The SMILES string of the molecule is Cc1cc(Oc2cncc(CNC(C)(C)C)n2)ccc1Cl. The molecule has 112 valence electrons. The van der Waals surface area contributed by atoms with Gasteiger partial charge in [0.15, 0.2) is 0 Å². The van der Waals surface area contributed by atoms with Crippen LogP contribution in [0.2, 0.25) is 5.02 Å². The normalized spacial score (nSPS) is 11.5. The summed E-state index contributed by atoms with van der Waals surface area (Å²) >= 11 is 6.00. The number of benzene rings is 1. The van der Waals surface area contributed by atoms with Crippen LogP contribution in [0.1, 0.15) is 32.0 Å². The Morgan fingerprint density at radius 1 is 1.24 bits per heavy atom. The highest BCUT2D eigenvalue weighted by molar-refractivity contribution is 6.31. The molecule has 0 amide bonds. The van der Waals surface area contributed by atoms with Crippen LogP contribution in [-0.4, -0.2) is 15.5 Å². The first-order valence-electron chi connectivity index (χ1n) is 6.83. The Hall–Kier alpha value is -1.65. The van der Waals surface area contributed by atoms with Crippen molar-refractivity contribution in [3.63, 3.8) is 0 Å². The highest BCUT2D eigenvalue weighted by Gasteiger charge is 2.10. The molecule has 0 atom stereocenters. The molecule has 0 radical (unpaired) electrons. The predicted octanol–water partition coefficient (Wildman–Crippen LogP) is 4.12. The molecule has 0 spiro atoms. The molecule has 0 aliphatic carbocycles. The number of aromatic nitrogens is 2. The number of halogens is 1. The molecule has 4 nitrogen and oxygen atoms in total. The molecule has 0 unspecified atom stereocenters. The summed E-state index contributed by atoms with van der Waals surface area (Å²) in [5.74, 6) is 1.18. The molecule has 2 aromatic rings. The lowest BCUT2D eigenvalue weighted by atomic mass is 10.1. The topological polar surface area (TPSA) is 47.0 Å². The number of nitrogens with one attached hydrogen (secondary N) is 1. The third-order valence-electron chi connectivity index (χ3n) is 2.81. The molecule has 1 heterocycles. The molecule has 1 aromatic heterocycles. The fraction of sp³-hybridized carbons (Fsp3) is 0.375. The second kappa shape index (κ2) is 6.41. The van der Waals surface area contributed by atoms with Gasteiger partial charge in [-0.25, -0.2) is 4.98 Å². The summed E-state index contributed by atoms with van der Waals surface area (Å²) in [6.07, 6.45) is 3.34. The standard InChI is InChI=1S/C16H20ClN3O/c1-11-7-13(5-6-14(11)17)21-15-10-18-8-12(20-15)9-19-16(2,3)4/h5-8,10,19H,9H2,1-4H3. The average molecular weight is 306 g/mol. The van der Waals surface area contributed by atoms with E-state index in [9.17, 15) is 0 Å². The van der Waals surface area contributed by atoms with E-state index in [2.05, 4.69) is 36.1 Å². The van der Waals surface area contributed by atoms with E-state index >= 15 is 0 Å². The molecule has 0 bridgehead atoms. The minimum atomic E-state index is 0.0336. The van der Waals surface area contributed by atoms with Gasteiger partial charge in [0, 0.05) is 23.3 Å². The lowest BCUT2D eigenvalue weighted by Crippen LogP contribution is -2.35. The summed E-state index contributed by atoms with van der Waals surface area (Å²) in [6.45, 7) is 8.91. The lowest BCUT2D eigenvalue weighted by Gasteiger charge is -2.20.